The second-order valence-electron chi connectivity index (χ2n) is 9.52. The number of likely N-dealkylation sites (N-methyl/N-ethyl adjacent to an activating group) is 1. The third-order valence-corrected chi connectivity index (χ3v) is 6.70. The van der Waals surface area contributed by atoms with Gasteiger partial charge in [-0.2, -0.15) is 0 Å². The summed E-state index contributed by atoms with van der Waals surface area (Å²) < 4.78 is 16.2. The predicted octanol–water partition coefficient (Wildman–Crippen LogP) is 2.11. The van der Waals surface area contributed by atoms with E-state index in [2.05, 4.69) is 10.6 Å². The van der Waals surface area contributed by atoms with Crippen molar-refractivity contribution in [3.8, 4) is 5.75 Å². The van der Waals surface area contributed by atoms with Crippen molar-refractivity contribution in [1.29, 1.82) is 0 Å². The highest BCUT2D eigenvalue weighted by molar-refractivity contribution is 6.33. The van der Waals surface area contributed by atoms with Gasteiger partial charge in [0.1, 0.15) is 12.4 Å². The molecule has 0 unspecified atom stereocenters. The van der Waals surface area contributed by atoms with Gasteiger partial charge in [0.2, 0.25) is 5.91 Å². The van der Waals surface area contributed by atoms with Gasteiger partial charge in [-0.1, -0.05) is 11.6 Å². The lowest BCUT2D eigenvalue weighted by Gasteiger charge is -2.37. The Bertz CT molecular complexity index is 1160. The number of hydrogen-bond donors (Lipinski definition) is 3. The van der Waals surface area contributed by atoms with Gasteiger partial charge in [-0.15, -0.1) is 0 Å². The number of esters is 1. The van der Waals surface area contributed by atoms with Crippen molar-refractivity contribution in [2.24, 2.45) is 0 Å². The van der Waals surface area contributed by atoms with Crippen molar-refractivity contribution in [1.82, 2.24) is 15.1 Å². The number of piperidine rings is 1. The molecule has 3 rings (SSSR count). The first kappa shape index (κ1) is 30.2. The van der Waals surface area contributed by atoms with Crippen molar-refractivity contribution >= 4 is 40.8 Å². The highest BCUT2D eigenvalue weighted by atomic mass is 35.5. The average molecular weight is 562 g/mol. The van der Waals surface area contributed by atoms with Gasteiger partial charge in [-0.3, -0.25) is 14.5 Å². The minimum absolute atomic E-state index is 0.149. The molecule has 0 radical (unpaired) electrons. The van der Waals surface area contributed by atoms with E-state index in [4.69, 9.17) is 31.5 Å². The van der Waals surface area contributed by atoms with Gasteiger partial charge in [0, 0.05) is 38.5 Å². The molecule has 0 saturated carbocycles. The molecule has 1 fully saturated rings. The quantitative estimate of drug-likeness (QED) is 0.278. The Kier molecular flexibility index (Phi) is 10.9. The molecule has 11 nitrogen and oxygen atoms in total. The maximum absolute atomic E-state index is 13.0. The van der Waals surface area contributed by atoms with Crippen LogP contribution in [0.4, 0.5) is 11.4 Å². The number of carbonyl (C=O) groups excluding carboxylic acids is 3. The number of benzene rings is 2. The minimum atomic E-state index is -0.409. The molecule has 2 amide bonds. The number of nitrogens with two attached hydrogens (primary N) is 1. The highest BCUT2D eigenvalue weighted by Gasteiger charge is 2.32. The molecular formula is C27H36ClN5O6. The first-order valence-corrected chi connectivity index (χ1v) is 12.9. The van der Waals surface area contributed by atoms with Crippen LogP contribution in [0.25, 0.3) is 0 Å². The average Bonchev–Trinajstić information content (AvgIpc) is 2.90. The van der Waals surface area contributed by atoms with Gasteiger partial charge >= 0.3 is 5.97 Å². The number of amides is 2. The van der Waals surface area contributed by atoms with Crippen LogP contribution >= 0.6 is 11.6 Å². The molecule has 0 aliphatic carbocycles. The first-order valence-electron chi connectivity index (χ1n) is 12.5. The highest BCUT2D eigenvalue weighted by Crippen LogP contribution is 2.29. The van der Waals surface area contributed by atoms with Crippen LogP contribution in [0.1, 0.15) is 27.1 Å². The molecule has 1 heterocycles. The normalized spacial score (nSPS) is 17.5. The molecule has 1 aliphatic rings. The Morgan fingerprint density at radius 1 is 1.15 bits per heavy atom. The molecule has 2 aromatic rings. The lowest BCUT2D eigenvalue weighted by molar-refractivity contribution is -0.118. The van der Waals surface area contributed by atoms with Crippen LogP contribution in [0.3, 0.4) is 0 Å². The summed E-state index contributed by atoms with van der Waals surface area (Å²) in [7, 11) is 6.83. The third-order valence-electron chi connectivity index (χ3n) is 6.37. The number of hydrogen-bond acceptors (Lipinski definition) is 9. The fourth-order valence-corrected chi connectivity index (χ4v) is 4.35. The number of methoxy groups -OCH3 is 2. The Morgan fingerprint density at radius 2 is 1.87 bits per heavy atom. The van der Waals surface area contributed by atoms with Gasteiger partial charge in [0.25, 0.3) is 5.91 Å². The number of nitrogen functional groups attached to an aromatic ring is 1. The van der Waals surface area contributed by atoms with Gasteiger partial charge in [0.05, 0.1) is 47.6 Å². The Labute approximate surface area is 233 Å². The molecule has 2 aromatic carbocycles. The van der Waals surface area contributed by atoms with E-state index >= 15 is 0 Å². The van der Waals surface area contributed by atoms with E-state index in [1.54, 1.807) is 31.4 Å². The number of nitrogens with one attached hydrogen (secondary N) is 2. The van der Waals surface area contributed by atoms with Gasteiger partial charge in [-0.25, -0.2) is 4.79 Å². The van der Waals surface area contributed by atoms with Crippen molar-refractivity contribution in [3.63, 3.8) is 0 Å². The maximum Gasteiger partial charge on any atom is 0.338 e. The lowest BCUT2D eigenvalue weighted by Crippen LogP contribution is -2.55. The fraction of sp³-hybridized carbons (Fsp3) is 0.444. The van der Waals surface area contributed by atoms with E-state index in [-0.39, 0.29) is 41.1 Å². The van der Waals surface area contributed by atoms with E-state index in [0.717, 1.165) is 0 Å². The molecule has 1 saturated heterocycles. The van der Waals surface area contributed by atoms with Crippen LogP contribution in [-0.2, 0) is 14.3 Å². The number of anilines is 2. The monoisotopic (exact) mass is 561 g/mol. The zero-order valence-electron chi connectivity index (χ0n) is 22.7. The maximum atomic E-state index is 13.0. The summed E-state index contributed by atoms with van der Waals surface area (Å²) in [6, 6.07) is 9.28. The van der Waals surface area contributed by atoms with Gasteiger partial charge < -0.3 is 35.5 Å². The summed E-state index contributed by atoms with van der Waals surface area (Å²) >= 11 is 6.11. The fourth-order valence-electron chi connectivity index (χ4n) is 4.19. The van der Waals surface area contributed by atoms with E-state index < -0.39 is 5.97 Å². The molecule has 0 bridgehead atoms. The lowest BCUT2D eigenvalue weighted by atomic mass is 10.0. The molecule has 2 atom stereocenters. The Morgan fingerprint density at radius 3 is 2.51 bits per heavy atom. The van der Waals surface area contributed by atoms with Crippen molar-refractivity contribution in [2.45, 2.75) is 18.6 Å². The number of nitrogens with zero attached hydrogens (tertiary/aromatic N) is 2. The number of ether oxygens (including phenoxy) is 3. The Balaban J connectivity index is 1.51. The molecule has 39 heavy (non-hydrogen) atoms. The first-order chi connectivity index (χ1) is 18.6. The zero-order valence-corrected chi connectivity index (χ0v) is 23.4. The van der Waals surface area contributed by atoms with Crippen LogP contribution in [0.2, 0.25) is 5.02 Å². The summed E-state index contributed by atoms with van der Waals surface area (Å²) in [6.45, 7) is 2.12. The SMILES string of the molecule is COc1cc(N)c(Cl)cc1C(=O)N[C@@H]1CCN(CC(=O)Nc2ccc(C(=O)OCCN(C)C)cc2)C[C@@H]1OC. The zero-order chi connectivity index (χ0) is 28.5. The van der Waals surface area contributed by atoms with Gasteiger partial charge in [-0.05, 0) is 50.8 Å². The molecule has 212 valence electrons. The van der Waals surface area contributed by atoms with Crippen LogP contribution in [0, 0.1) is 0 Å². The molecule has 4 N–H and O–H groups in total. The molecule has 0 spiro atoms. The number of rotatable bonds is 11. The van der Waals surface area contributed by atoms with Crippen LogP contribution in [0.15, 0.2) is 36.4 Å². The molecule has 12 heteroatoms. The predicted molar refractivity (Wildman–Crippen MR) is 149 cm³/mol. The molecule has 0 aromatic heterocycles. The van der Waals surface area contributed by atoms with Crippen LogP contribution in [0.5, 0.6) is 5.75 Å². The van der Waals surface area contributed by atoms with Crippen LogP contribution < -0.4 is 21.1 Å². The van der Waals surface area contributed by atoms with E-state index in [1.807, 2.05) is 23.9 Å². The van der Waals surface area contributed by atoms with Crippen LogP contribution in [-0.4, -0.2) is 101 Å². The van der Waals surface area contributed by atoms with E-state index in [0.29, 0.717) is 55.3 Å². The van der Waals surface area contributed by atoms with Gasteiger partial charge in [0.15, 0.2) is 0 Å². The molecule has 1 aliphatic heterocycles. The number of carbonyl (C=O) groups is 3. The number of halogens is 1. The van der Waals surface area contributed by atoms with E-state index in [9.17, 15) is 14.4 Å². The summed E-state index contributed by atoms with van der Waals surface area (Å²) in [6.07, 6.45) is 0.247. The topological polar surface area (TPSA) is 135 Å². The van der Waals surface area contributed by atoms with Crippen molar-refractivity contribution in [3.05, 3.63) is 52.5 Å². The largest absolute Gasteiger partial charge is 0.496 e. The van der Waals surface area contributed by atoms with Crippen molar-refractivity contribution in [2.75, 3.05) is 72.2 Å². The summed E-state index contributed by atoms with van der Waals surface area (Å²) in [5.74, 6) is -0.633. The minimum Gasteiger partial charge on any atom is -0.496 e. The standard InChI is InChI=1S/C27H36ClN5O6/c1-32(2)11-12-39-27(36)17-5-7-18(8-6-17)30-25(34)16-33-10-9-22(24(15-33)38-4)31-26(35)19-13-20(28)21(29)14-23(19)37-3/h5-8,13-14,22,24H,9-12,15-16,29H2,1-4H3,(H,30,34)(H,31,35)/t22-,24+/m1/s1. The summed E-state index contributed by atoms with van der Waals surface area (Å²) in [5, 5.41) is 6.10. The summed E-state index contributed by atoms with van der Waals surface area (Å²) in [4.78, 5) is 41.7. The third kappa shape index (κ3) is 8.56. The second kappa shape index (κ2) is 14.1. The number of likely N-dealkylation sites (tertiary alicyclic amines) is 1. The second-order valence-corrected chi connectivity index (χ2v) is 9.92. The summed E-state index contributed by atoms with van der Waals surface area (Å²) in [5.41, 5.74) is 7.41. The van der Waals surface area contributed by atoms with E-state index in [1.165, 1.54) is 19.2 Å². The smallest absolute Gasteiger partial charge is 0.338 e. The Hall–Kier alpha value is -3.38. The molecular weight excluding hydrogens is 526 g/mol. The van der Waals surface area contributed by atoms with Crippen molar-refractivity contribution < 1.29 is 28.6 Å².